The highest BCUT2D eigenvalue weighted by molar-refractivity contribution is 5.50. The maximum atomic E-state index is 13.3. The second kappa shape index (κ2) is 6.87. The molecular weight excluding hydrogens is 345 g/mol. The molecule has 0 atom stereocenters. The number of hydrogen-bond donors (Lipinski definition) is 2. The Morgan fingerprint density at radius 2 is 1.19 bits per heavy atom. The highest BCUT2D eigenvalue weighted by Gasteiger charge is 2.35. The number of benzene rings is 3. The van der Waals surface area contributed by atoms with E-state index in [1.165, 1.54) is 24.3 Å². The van der Waals surface area contributed by atoms with Gasteiger partial charge in [0.25, 0.3) is 0 Å². The Bertz CT molecular complexity index is 927. The number of ether oxygens (including phenoxy) is 2. The molecule has 0 aliphatic heterocycles. The van der Waals surface area contributed by atoms with Crippen molar-refractivity contribution in [3.63, 3.8) is 0 Å². The first-order valence-electron chi connectivity index (χ1n) is 7.59. The first-order valence-corrected chi connectivity index (χ1v) is 7.59. The van der Waals surface area contributed by atoms with Gasteiger partial charge in [0.05, 0.1) is 5.56 Å². The number of hydrogen-bond acceptors (Lipinski definition) is 4. The van der Waals surface area contributed by atoms with Crippen LogP contribution in [0.4, 0.5) is 24.5 Å². The molecule has 26 heavy (non-hydrogen) atoms. The SMILES string of the molecule is Nc1cccc(Oc2ccc(C(F)(F)F)c(Oc3cccc(N)c3)c2)c1. The van der Waals surface area contributed by atoms with Crippen LogP contribution in [0.25, 0.3) is 0 Å². The Morgan fingerprint density at radius 1 is 0.654 bits per heavy atom. The molecule has 0 aromatic heterocycles. The third-order valence-electron chi connectivity index (χ3n) is 3.44. The van der Waals surface area contributed by atoms with Crippen molar-refractivity contribution in [1.82, 2.24) is 0 Å². The van der Waals surface area contributed by atoms with Crippen molar-refractivity contribution >= 4 is 11.4 Å². The number of anilines is 2. The van der Waals surface area contributed by atoms with E-state index in [0.717, 1.165) is 6.07 Å². The molecular formula is C19H15F3N2O2. The smallest absolute Gasteiger partial charge is 0.419 e. The van der Waals surface area contributed by atoms with Gasteiger partial charge in [0.15, 0.2) is 0 Å². The van der Waals surface area contributed by atoms with Crippen molar-refractivity contribution in [2.24, 2.45) is 0 Å². The van der Waals surface area contributed by atoms with E-state index >= 15 is 0 Å². The Hall–Kier alpha value is -3.35. The molecule has 4 N–H and O–H groups in total. The number of rotatable bonds is 4. The molecule has 134 valence electrons. The molecule has 0 spiro atoms. The molecule has 3 aromatic rings. The summed E-state index contributed by atoms with van der Waals surface area (Å²) in [5.41, 5.74) is 11.3. The Labute approximate surface area is 147 Å². The maximum Gasteiger partial charge on any atom is 0.419 e. The van der Waals surface area contributed by atoms with Gasteiger partial charge in [-0.2, -0.15) is 13.2 Å². The highest BCUT2D eigenvalue weighted by Crippen LogP contribution is 2.41. The normalized spacial score (nSPS) is 11.2. The first-order chi connectivity index (χ1) is 12.3. The quantitative estimate of drug-likeness (QED) is 0.607. The average Bonchev–Trinajstić information content (AvgIpc) is 2.54. The number of nitrogens with two attached hydrogens (primary N) is 2. The van der Waals surface area contributed by atoms with Crippen molar-refractivity contribution in [2.75, 3.05) is 11.5 Å². The van der Waals surface area contributed by atoms with Crippen LogP contribution in [0.5, 0.6) is 23.0 Å². The summed E-state index contributed by atoms with van der Waals surface area (Å²) in [5, 5.41) is 0. The number of nitrogen functional groups attached to an aromatic ring is 2. The fourth-order valence-corrected chi connectivity index (χ4v) is 2.30. The zero-order valence-electron chi connectivity index (χ0n) is 13.5. The van der Waals surface area contributed by atoms with Gasteiger partial charge in [-0.25, -0.2) is 0 Å². The van der Waals surface area contributed by atoms with E-state index in [0.29, 0.717) is 17.1 Å². The van der Waals surface area contributed by atoms with Gasteiger partial charge >= 0.3 is 6.18 Å². The van der Waals surface area contributed by atoms with Crippen molar-refractivity contribution in [1.29, 1.82) is 0 Å². The van der Waals surface area contributed by atoms with Crippen LogP contribution in [0, 0.1) is 0 Å². The molecule has 0 bridgehead atoms. The monoisotopic (exact) mass is 360 g/mol. The second-order valence-corrected chi connectivity index (χ2v) is 5.50. The molecule has 0 fully saturated rings. The summed E-state index contributed by atoms with van der Waals surface area (Å²) in [4.78, 5) is 0. The van der Waals surface area contributed by atoms with Gasteiger partial charge in [-0.05, 0) is 36.4 Å². The van der Waals surface area contributed by atoms with Gasteiger partial charge in [-0.15, -0.1) is 0 Å². The fraction of sp³-hybridized carbons (Fsp3) is 0.0526. The Balaban J connectivity index is 1.96. The Morgan fingerprint density at radius 3 is 1.73 bits per heavy atom. The lowest BCUT2D eigenvalue weighted by Gasteiger charge is -2.15. The maximum absolute atomic E-state index is 13.3. The molecule has 0 radical (unpaired) electrons. The van der Waals surface area contributed by atoms with E-state index in [1.54, 1.807) is 36.4 Å². The van der Waals surface area contributed by atoms with Crippen LogP contribution in [0.2, 0.25) is 0 Å². The van der Waals surface area contributed by atoms with Gasteiger partial charge < -0.3 is 20.9 Å². The van der Waals surface area contributed by atoms with Gasteiger partial charge in [-0.1, -0.05) is 12.1 Å². The molecule has 0 heterocycles. The molecule has 0 aliphatic rings. The van der Waals surface area contributed by atoms with Crippen LogP contribution < -0.4 is 20.9 Å². The molecule has 4 nitrogen and oxygen atoms in total. The van der Waals surface area contributed by atoms with Crippen LogP contribution in [-0.4, -0.2) is 0 Å². The van der Waals surface area contributed by atoms with Crippen LogP contribution in [-0.2, 0) is 6.18 Å². The summed E-state index contributed by atoms with van der Waals surface area (Å²) < 4.78 is 50.8. The van der Waals surface area contributed by atoms with Gasteiger partial charge in [0.2, 0.25) is 0 Å². The zero-order chi connectivity index (χ0) is 18.7. The van der Waals surface area contributed by atoms with E-state index in [-0.39, 0.29) is 17.2 Å². The summed E-state index contributed by atoms with van der Waals surface area (Å²) in [5.74, 6) is 0.392. The number of alkyl halides is 3. The predicted molar refractivity (Wildman–Crippen MR) is 93.3 cm³/mol. The molecule has 0 amide bonds. The van der Waals surface area contributed by atoms with Crippen LogP contribution in [0.3, 0.4) is 0 Å². The first kappa shape index (κ1) is 17.5. The zero-order valence-corrected chi connectivity index (χ0v) is 13.5. The molecule has 3 rings (SSSR count). The minimum atomic E-state index is -4.58. The molecule has 7 heteroatoms. The summed E-state index contributed by atoms with van der Waals surface area (Å²) in [7, 11) is 0. The van der Waals surface area contributed by atoms with Crippen molar-refractivity contribution < 1.29 is 22.6 Å². The Kier molecular flexibility index (Phi) is 4.62. The van der Waals surface area contributed by atoms with Gasteiger partial charge in [0.1, 0.15) is 23.0 Å². The highest BCUT2D eigenvalue weighted by atomic mass is 19.4. The lowest BCUT2D eigenvalue weighted by atomic mass is 10.2. The standard InChI is InChI=1S/C19H15F3N2O2/c20-19(21,22)17-8-7-16(25-14-5-1-3-12(23)9-14)11-18(17)26-15-6-2-4-13(24)10-15/h1-11H,23-24H2. The summed E-state index contributed by atoms with van der Waals surface area (Å²) >= 11 is 0. The molecule has 0 aliphatic carbocycles. The summed E-state index contributed by atoms with van der Waals surface area (Å²) in [6, 6.07) is 16.0. The van der Waals surface area contributed by atoms with Crippen LogP contribution in [0.15, 0.2) is 66.7 Å². The molecule has 0 saturated heterocycles. The van der Waals surface area contributed by atoms with Crippen LogP contribution >= 0.6 is 0 Å². The minimum absolute atomic E-state index is 0.183. The van der Waals surface area contributed by atoms with E-state index in [4.69, 9.17) is 20.9 Å². The molecule has 0 saturated carbocycles. The van der Waals surface area contributed by atoms with Gasteiger partial charge in [0, 0.05) is 29.6 Å². The lowest BCUT2D eigenvalue weighted by molar-refractivity contribution is -0.138. The topological polar surface area (TPSA) is 70.5 Å². The molecule has 3 aromatic carbocycles. The van der Waals surface area contributed by atoms with Crippen molar-refractivity contribution in [2.45, 2.75) is 6.18 Å². The third-order valence-corrected chi connectivity index (χ3v) is 3.44. The van der Waals surface area contributed by atoms with E-state index in [2.05, 4.69) is 0 Å². The number of halogens is 3. The largest absolute Gasteiger partial charge is 0.457 e. The predicted octanol–water partition coefficient (Wildman–Crippen LogP) is 5.45. The minimum Gasteiger partial charge on any atom is -0.457 e. The fourth-order valence-electron chi connectivity index (χ4n) is 2.30. The van der Waals surface area contributed by atoms with Crippen molar-refractivity contribution in [3.8, 4) is 23.0 Å². The summed E-state index contributed by atoms with van der Waals surface area (Å²) in [6.07, 6.45) is -4.58. The van der Waals surface area contributed by atoms with E-state index < -0.39 is 11.7 Å². The van der Waals surface area contributed by atoms with E-state index in [1.807, 2.05) is 0 Å². The average molecular weight is 360 g/mol. The summed E-state index contributed by atoms with van der Waals surface area (Å²) in [6.45, 7) is 0. The molecule has 0 unspecified atom stereocenters. The van der Waals surface area contributed by atoms with Crippen LogP contribution in [0.1, 0.15) is 5.56 Å². The lowest BCUT2D eigenvalue weighted by Crippen LogP contribution is -2.07. The second-order valence-electron chi connectivity index (χ2n) is 5.50. The van der Waals surface area contributed by atoms with E-state index in [9.17, 15) is 13.2 Å². The third kappa shape index (κ3) is 4.18. The van der Waals surface area contributed by atoms with Gasteiger partial charge in [-0.3, -0.25) is 0 Å². The van der Waals surface area contributed by atoms with Crippen molar-refractivity contribution in [3.05, 3.63) is 72.3 Å².